The van der Waals surface area contributed by atoms with Gasteiger partial charge in [0.15, 0.2) is 13.4 Å². The van der Waals surface area contributed by atoms with Gasteiger partial charge >= 0.3 is 31.5 Å². The molecule has 2 fully saturated rings. The van der Waals surface area contributed by atoms with E-state index in [-0.39, 0.29) is 31.5 Å². The molecule has 0 aromatic carbocycles. The average Bonchev–Trinajstić information content (AvgIpc) is 2.50. The molecule has 0 radical (unpaired) electrons. The third kappa shape index (κ3) is 17.9. The maximum Gasteiger partial charge on any atom is 2.00 e. The summed E-state index contributed by atoms with van der Waals surface area (Å²) in [7, 11) is 7.33. The molecule has 2 saturated heterocycles. The molecular formula is C14H24F6N4O2Zn. The molecule has 0 bridgehead atoms. The fraction of sp³-hybridized carbons (Fsp3) is 0.714. The first-order valence-corrected chi connectivity index (χ1v) is 7.49. The molecule has 0 aromatic heterocycles. The van der Waals surface area contributed by atoms with Gasteiger partial charge in [0.25, 0.3) is 0 Å². The summed E-state index contributed by atoms with van der Waals surface area (Å²) in [6.45, 7) is -2.54. The molecule has 13 heteroatoms. The zero-order valence-corrected chi connectivity index (χ0v) is 18.8. The van der Waals surface area contributed by atoms with E-state index in [1.807, 2.05) is 28.2 Å². The summed E-state index contributed by atoms with van der Waals surface area (Å²) in [6.07, 6.45) is 2.19. The SMILES string of the molecule is CN1CCCN(C)C1=O.CN1CCCN(C)C1=O.F[C-](F)F.F[C-](F)F.[Zn+2]. The van der Waals surface area contributed by atoms with E-state index >= 15 is 0 Å². The van der Waals surface area contributed by atoms with Gasteiger partial charge in [-0.1, -0.05) is 0 Å². The molecule has 0 atom stereocenters. The molecule has 2 rings (SSSR count). The summed E-state index contributed by atoms with van der Waals surface area (Å²) >= 11 is 0. The van der Waals surface area contributed by atoms with E-state index in [4.69, 9.17) is 0 Å². The average molecular weight is 460 g/mol. The number of nitrogens with zero attached hydrogens (tertiary/aromatic N) is 4. The van der Waals surface area contributed by atoms with Gasteiger partial charge in [0.2, 0.25) is 0 Å². The van der Waals surface area contributed by atoms with Crippen molar-refractivity contribution in [2.75, 3.05) is 54.4 Å². The number of halogens is 6. The van der Waals surface area contributed by atoms with Crippen molar-refractivity contribution in [1.82, 2.24) is 19.6 Å². The minimum Gasteiger partial charge on any atom is -0.385 e. The van der Waals surface area contributed by atoms with Crippen molar-refractivity contribution in [3.63, 3.8) is 0 Å². The topological polar surface area (TPSA) is 47.1 Å². The van der Waals surface area contributed by atoms with Crippen LogP contribution in [0.15, 0.2) is 0 Å². The van der Waals surface area contributed by atoms with Crippen LogP contribution in [0.3, 0.4) is 0 Å². The quantitative estimate of drug-likeness (QED) is 0.317. The second-order valence-corrected chi connectivity index (χ2v) is 5.39. The molecule has 27 heavy (non-hydrogen) atoms. The van der Waals surface area contributed by atoms with Crippen LogP contribution in [0, 0.1) is 13.4 Å². The van der Waals surface area contributed by atoms with Gasteiger partial charge < -0.3 is 45.9 Å². The van der Waals surface area contributed by atoms with Crippen LogP contribution in [-0.2, 0) is 19.5 Å². The zero-order valence-electron chi connectivity index (χ0n) is 15.8. The fourth-order valence-corrected chi connectivity index (χ4v) is 2.06. The van der Waals surface area contributed by atoms with Crippen molar-refractivity contribution < 1.29 is 55.4 Å². The van der Waals surface area contributed by atoms with Crippen molar-refractivity contribution >= 4 is 12.1 Å². The van der Waals surface area contributed by atoms with Gasteiger partial charge in [-0.05, 0) is 12.8 Å². The maximum absolute atomic E-state index is 11.0. The molecule has 0 spiro atoms. The number of hydrogen-bond acceptors (Lipinski definition) is 2. The van der Waals surface area contributed by atoms with E-state index in [0.717, 1.165) is 39.0 Å². The summed E-state index contributed by atoms with van der Waals surface area (Å²) in [5.74, 6) is 0. The first-order chi connectivity index (χ1) is 11.9. The van der Waals surface area contributed by atoms with Crippen molar-refractivity contribution in [1.29, 1.82) is 0 Å². The van der Waals surface area contributed by atoms with Crippen molar-refractivity contribution in [2.24, 2.45) is 0 Å². The molecule has 4 amide bonds. The van der Waals surface area contributed by atoms with Crippen LogP contribution >= 0.6 is 0 Å². The molecule has 0 N–H and O–H groups in total. The maximum atomic E-state index is 11.0. The van der Waals surface area contributed by atoms with Gasteiger partial charge in [0, 0.05) is 54.4 Å². The standard InChI is InChI=1S/2C6H12N2O.2CF3.Zn/c2*1-7-4-3-5-8(2)6(7)9;2*2-1(3)4;/h2*3-5H2,1-2H3;;;/q;;2*-1;+2. The van der Waals surface area contributed by atoms with E-state index in [1.54, 1.807) is 19.6 Å². The van der Waals surface area contributed by atoms with Gasteiger partial charge in [0.1, 0.15) is 0 Å². The monoisotopic (exact) mass is 458 g/mol. The molecular weight excluding hydrogens is 436 g/mol. The van der Waals surface area contributed by atoms with Crippen LogP contribution in [0.4, 0.5) is 35.9 Å². The number of amides is 4. The molecule has 0 aliphatic carbocycles. The first-order valence-electron chi connectivity index (χ1n) is 7.49. The number of carbonyl (C=O) groups excluding carboxylic acids is 2. The smallest absolute Gasteiger partial charge is 0.385 e. The Kier molecular flexibility index (Phi) is 19.1. The van der Waals surface area contributed by atoms with E-state index in [9.17, 15) is 35.9 Å². The summed E-state index contributed by atoms with van der Waals surface area (Å²) in [5.41, 5.74) is 0. The Hall–Kier alpha value is -1.26. The molecule has 2 aliphatic rings. The van der Waals surface area contributed by atoms with Crippen LogP contribution < -0.4 is 0 Å². The number of rotatable bonds is 0. The van der Waals surface area contributed by atoms with Gasteiger partial charge in [-0.15, -0.1) is 0 Å². The summed E-state index contributed by atoms with van der Waals surface area (Å²) < 4.78 is 57.5. The van der Waals surface area contributed by atoms with Gasteiger partial charge in [-0.2, -0.15) is 0 Å². The molecule has 156 valence electrons. The second-order valence-electron chi connectivity index (χ2n) is 5.39. The van der Waals surface area contributed by atoms with Gasteiger partial charge in [-0.25, -0.2) is 9.59 Å². The molecule has 0 saturated carbocycles. The van der Waals surface area contributed by atoms with E-state index in [2.05, 4.69) is 0 Å². The number of carbonyl (C=O) groups is 2. The Bertz CT molecular complexity index is 344. The summed E-state index contributed by atoms with van der Waals surface area (Å²) in [6, 6.07) is 0.280. The third-order valence-corrected chi connectivity index (χ3v) is 3.28. The van der Waals surface area contributed by atoms with Crippen LogP contribution in [0.1, 0.15) is 12.8 Å². The predicted octanol–water partition coefficient (Wildman–Crippen LogP) is 3.43. The number of hydrogen-bond donors (Lipinski definition) is 0. The van der Waals surface area contributed by atoms with Gasteiger partial charge in [-0.3, -0.25) is 0 Å². The normalized spacial score (nSPS) is 16.6. The van der Waals surface area contributed by atoms with Crippen LogP contribution in [0.5, 0.6) is 0 Å². The Morgan fingerprint density at radius 1 is 0.593 bits per heavy atom. The molecule has 0 unspecified atom stereocenters. The molecule has 0 aromatic rings. The predicted molar refractivity (Wildman–Crippen MR) is 83.7 cm³/mol. The van der Waals surface area contributed by atoms with Crippen molar-refractivity contribution in [2.45, 2.75) is 12.8 Å². The van der Waals surface area contributed by atoms with E-state index in [0.29, 0.717) is 0 Å². The molecule has 6 nitrogen and oxygen atoms in total. The minimum absolute atomic E-state index is 0. The Morgan fingerprint density at radius 2 is 0.741 bits per heavy atom. The summed E-state index contributed by atoms with van der Waals surface area (Å²) in [4.78, 5) is 28.9. The summed E-state index contributed by atoms with van der Waals surface area (Å²) in [5, 5.41) is 0. The minimum atomic E-state index is -3.08. The molecule has 2 aliphatic heterocycles. The van der Waals surface area contributed by atoms with Crippen molar-refractivity contribution in [3.8, 4) is 0 Å². The Morgan fingerprint density at radius 3 is 0.852 bits per heavy atom. The van der Waals surface area contributed by atoms with E-state index < -0.39 is 13.4 Å². The van der Waals surface area contributed by atoms with Crippen LogP contribution in [0.2, 0.25) is 0 Å². The van der Waals surface area contributed by atoms with Crippen LogP contribution in [0.25, 0.3) is 0 Å². The van der Waals surface area contributed by atoms with E-state index in [1.165, 1.54) is 0 Å². The largest absolute Gasteiger partial charge is 2.00 e. The Balaban J connectivity index is -0.000000303. The first kappa shape index (κ1) is 30.5. The van der Waals surface area contributed by atoms with Crippen LogP contribution in [-0.4, -0.2) is 86.0 Å². The fourth-order valence-electron chi connectivity index (χ4n) is 2.06. The molecule has 2 heterocycles. The Labute approximate surface area is 168 Å². The zero-order chi connectivity index (χ0) is 20.9. The second kappa shape index (κ2) is 16.9. The third-order valence-electron chi connectivity index (χ3n) is 3.28. The van der Waals surface area contributed by atoms with Crippen molar-refractivity contribution in [3.05, 3.63) is 13.4 Å². The number of urea groups is 2. The van der Waals surface area contributed by atoms with Gasteiger partial charge in [0.05, 0.1) is 0 Å².